The van der Waals surface area contributed by atoms with Crippen molar-refractivity contribution in [2.24, 2.45) is 5.92 Å². The van der Waals surface area contributed by atoms with Crippen molar-refractivity contribution < 1.29 is 15.9 Å². The molecular weight excluding hydrogens is 607 g/mol. The van der Waals surface area contributed by atoms with Crippen molar-refractivity contribution >= 4 is 20.2 Å². The first-order chi connectivity index (χ1) is 18.8. The van der Waals surface area contributed by atoms with Crippen LogP contribution in [0.4, 0.5) is 0 Å². The van der Waals surface area contributed by atoms with Gasteiger partial charge in [0.1, 0.15) is 0 Å². The van der Waals surface area contributed by atoms with Gasteiger partial charge < -0.3 is 0 Å². The summed E-state index contributed by atoms with van der Waals surface area (Å²) in [4.78, 5) is 0. The molecule has 0 unspecified atom stereocenters. The number of hydrogen-bond donors (Lipinski definition) is 0. The molecule has 3 aliphatic carbocycles. The Bertz CT molecular complexity index is 1520. The quantitative estimate of drug-likeness (QED) is 0.264. The number of fused-ring (bicyclic) bond motifs is 3. The zero-order chi connectivity index (χ0) is 28.5. The Morgan fingerprint density at radius 1 is 0.700 bits per heavy atom. The van der Waals surface area contributed by atoms with E-state index >= 15 is 0 Å². The second-order valence-electron chi connectivity index (χ2n) is 14.4. The molecule has 0 atom stereocenters. The number of allylic oxidation sites excluding steroid dienone is 4. The topological polar surface area (TPSA) is 0 Å². The van der Waals surface area contributed by atoms with Crippen molar-refractivity contribution in [2.45, 2.75) is 78.9 Å². The molecule has 3 aromatic carbocycles. The fourth-order valence-electron chi connectivity index (χ4n) is 7.29. The Morgan fingerprint density at radius 3 is 1.62 bits per heavy atom. The third-order valence-electron chi connectivity index (χ3n) is 9.75. The van der Waals surface area contributed by atoms with E-state index in [1.807, 2.05) is 0 Å². The van der Waals surface area contributed by atoms with E-state index in [4.69, 9.17) is 17.0 Å². The van der Waals surface area contributed by atoms with Gasteiger partial charge in [-0.25, -0.2) is 0 Å². The summed E-state index contributed by atoms with van der Waals surface area (Å²) in [7, 11) is 17.3. The summed E-state index contributed by atoms with van der Waals surface area (Å²) in [6, 6.07) is 25.2. The zero-order valence-electron chi connectivity index (χ0n) is 24.8. The zero-order valence-corrected chi connectivity index (χ0v) is 28.7. The van der Waals surface area contributed by atoms with Crippen LogP contribution >= 0.6 is 17.0 Å². The maximum absolute atomic E-state index is 8.64. The van der Waals surface area contributed by atoms with E-state index < -0.39 is 15.9 Å². The first-order valence-corrected chi connectivity index (χ1v) is 25.3. The van der Waals surface area contributed by atoms with Crippen molar-refractivity contribution in [3.63, 3.8) is 0 Å². The second-order valence-corrected chi connectivity index (χ2v) is 35.2. The molecule has 1 saturated carbocycles. The molecule has 3 heteroatoms. The monoisotopic (exact) mass is 646 g/mol. The van der Waals surface area contributed by atoms with Gasteiger partial charge in [-0.05, 0) is 0 Å². The summed E-state index contributed by atoms with van der Waals surface area (Å²) in [5.74, 6) is 0.439. The molecular formula is C37H42Cl2Zr. The van der Waals surface area contributed by atoms with Crippen LogP contribution in [-0.2, 0) is 26.7 Å². The second kappa shape index (κ2) is 9.76. The van der Waals surface area contributed by atoms with Crippen LogP contribution in [0.5, 0.6) is 0 Å². The van der Waals surface area contributed by atoms with E-state index in [0.29, 0.717) is 5.92 Å². The number of halogens is 2. The Hall–Kier alpha value is -1.53. The van der Waals surface area contributed by atoms with Crippen LogP contribution < -0.4 is 0 Å². The molecule has 0 radical (unpaired) electrons. The van der Waals surface area contributed by atoms with Gasteiger partial charge in [0.25, 0.3) is 0 Å². The van der Waals surface area contributed by atoms with Crippen molar-refractivity contribution in [2.75, 3.05) is 0 Å². The molecule has 3 aliphatic rings. The van der Waals surface area contributed by atoms with Gasteiger partial charge in [-0.2, -0.15) is 0 Å². The third kappa shape index (κ3) is 4.46. The van der Waals surface area contributed by atoms with E-state index in [9.17, 15) is 0 Å². The van der Waals surface area contributed by atoms with Crippen LogP contribution in [0.25, 0.3) is 11.1 Å². The molecule has 6 rings (SSSR count). The summed E-state index contributed by atoms with van der Waals surface area (Å²) in [5, 5.41) is 0. The fraction of sp³-hybridized carbons (Fsp3) is 0.378. The Balaban J connectivity index is 1.78. The summed E-state index contributed by atoms with van der Waals surface area (Å²) in [6.07, 6.45) is 12.5. The molecule has 0 nitrogen and oxygen atoms in total. The molecule has 0 aromatic heterocycles. The number of rotatable bonds is 4. The summed E-state index contributed by atoms with van der Waals surface area (Å²) < 4.78 is 1.41. The van der Waals surface area contributed by atoms with E-state index in [2.05, 4.69) is 133 Å². The van der Waals surface area contributed by atoms with Crippen LogP contribution in [-0.4, -0.2) is 3.21 Å². The van der Waals surface area contributed by atoms with E-state index in [1.54, 1.807) is 0 Å². The van der Waals surface area contributed by atoms with Crippen LogP contribution in [0.1, 0.15) is 92.2 Å². The molecule has 0 heterocycles. The first kappa shape index (κ1) is 28.6. The first-order valence-electron chi connectivity index (χ1n) is 14.9. The van der Waals surface area contributed by atoms with E-state index in [0.717, 1.165) is 0 Å². The van der Waals surface area contributed by atoms with Gasteiger partial charge in [0, 0.05) is 0 Å². The predicted octanol–water partition coefficient (Wildman–Crippen LogP) is 11.3. The van der Waals surface area contributed by atoms with E-state index in [1.165, 1.54) is 61.4 Å². The van der Waals surface area contributed by atoms with Gasteiger partial charge in [0.15, 0.2) is 0 Å². The third-order valence-corrected chi connectivity index (χ3v) is 30.0. The maximum atomic E-state index is 8.64. The van der Waals surface area contributed by atoms with Crippen molar-refractivity contribution in [3.8, 4) is 11.1 Å². The Morgan fingerprint density at radius 2 is 1.20 bits per heavy atom. The molecule has 3 aromatic rings. The van der Waals surface area contributed by atoms with Crippen LogP contribution in [0.2, 0.25) is 3.63 Å². The van der Waals surface area contributed by atoms with Crippen molar-refractivity contribution in [1.29, 1.82) is 0 Å². The van der Waals surface area contributed by atoms with Gasteiger partial charge in [-0.15, -0.1) is 0 Å². The molecule has 0 N–H and O–H groups in total. The average molecular weight is 649 g/mol. The van der Waals surface area contributed by atoms with Crippen LogP contribution in [0, 0.1) is 5.92 Å². The van der Waals surface area contributed by atoms with E-state index in [-0.39, 0.29) is 18.1 Å². The number of benzene rings is 3. The molecule has 1 fully saturated rings. The van der Waals surface area contributed by atoms with Crippen LogP contribution in [0.15, 0.2) is 91.0 Å². The summed E-state index contributed by atoms with van der Waals surface area (Å²) >= 11 is -5.09. The molecule has 0 bridgehead atoms. The van der Waals surface area contributed by atoms with Gasteiger partial charge in [0.2, 0.25) is 0 Å². The molecule has 208 valence electrons. The molecule has 0 amide bonds. The molecule has 0 aliphatic heterocycles. The van der Waals surface area contributed by atoms with Gasteiger partial charge in [-0.1, -0.05) is 0 Å². The SMILES string of the molecule is CC(C)(C)c1ccc2c(c1)[CH]([Zr]([Cl])([Cl])(=[C](c1ccccc1)C1CCC1)[CH]1C=CC=C1)c1cc(C(C)(C)C)ccc1-2. The van der Waals surface area contributed by atoms with Gasteiger partial charge >= 0.3 is 251 Å². The van der Waals surface area contributed by atoms with Crippen LogP contribution in [0.3, 0.4) is 0 Å². The van der Waals surface area contributed by atoms with Gasteiger partial charge in [-0.3, -0.25) is 0 Å². The molecule has 0 spiro atoms. The standard InChI is InChI=1S/C21H25.C11H12.C5H5.2ClH.Zr/c1-20(2,3)16-7-9-18-14(12-16)11-15-13-17(21(4,5)6)8-10-19(15)18;1-2-5-10(6-3-1)9-11-7-4-8-11;1-2-4-5-3-1;;;/h7-13H,1-6H3;1-3,5-6,11H,4,7-8H2;1-5H;2*1H;/q;;;;;+2/p-2. The minimum atomic E-state index is -5.09. The normalized spacial score (nSPS) is 18.1. The number of hydrogen-bond acceptors (Lipinski definition) is 0. The summed E-state index contributed by atoms with van der Waals surface area (Å²) in [5.41, 5.74) is 9.29. The fourth-order valence-corrected chi connectivity index (χ4v) is 28.2. The molecule has 0 saturated heterocycles. The van der Waals surface area contributed by atoms with Crippen molar-refractivity contribution in [1.82, 2.24) is 0 Å². The summed E-state index contributed by atoms with van der Waals surface area (Å²) in [6.45, 7) is 13.8. The minimum absolute atomic E-state index is 0.0208. The Kier molecular flexibility index (Phi) is 6.97. The predicted molar refractivity (Wildman–Crippen MR) is 173 cm³/mol. The van der Waals surface area contributed by atoms with Gasteiger partial charge in [0.05, 0.1) is 0 Å². The Labute approximate surface area is 249 Å². The average Bonchev–Trinajstić information content (AvgIpc) is 3.52. The van der Waals surface area contributed by atoms with Crippen molar-refractivity contribution in [3.05, 3.63) is 119 Å². The molecule has 40 heavy (non-hydrogen) atoms.